The van der Waals surface area contributed by atoms with Crippen LogP contribution < -0.4 is 10.1 Å². The first-order valence-corrected chi connectivity index (χ1v) is 9.71. The number of amides is 1. The van der Waals surface area contributed by atoms with Gasteiger partial charge in [0.2, 0.25) is 0 Å². The lowest BCUT2D eigenvalue weighted by atomic mass is 10.1. The third-order valence-corrected chi connectivity index (χ3v) is 4.76. The van der Waals surface area contributed by atoms with Crippen LogP contribution in [0.3, 0.4) is 0 Å². The second-order valence-corrected chi connectivity index (χ2v) is 7.15. The summed E-state index contributed by atoms with van der Waals surface area (Å²) in [5.41, 5.74) is 3.35. The van der Waals surface area contributed by atoms with Crippen LogP contribution in [0.4, 0.5) is 10.1 Å². The maximum absolute atomic E-state index is 13.8. The summed E-state index contributed by atoms with van der Waals surface area (Å²) in [4.78, 5) is 12.7. The second-order valence-electron chi connectivity index (χ2n) is 7.15. The van der Waals surface area contributed by atoms with Crippen molar-refractivity contribution >= 4 is 11.6 Å². The predicted octanol–water partition coefficient (Wildman–Crippen LogP) is 4.51. The molecule has 0 aliphatic carbocycles. The number of benzene rings is 2. The minimum absolute atomic E-state index is 0.0499. The van der Waals surface area contributed by atoms with Crippen molar-refractivity contribution in [3.8, 4) is 5.75 Å². The largest absolute Gasteiger partial charge is 0.486 e. The van der Waals surface area contributed by atoms with Crippen LogP contribution in [-0.2, 0) is 13.2 Å². The molecule has 1 amide bonds. The van der Waals surface area contributed by atoms with Gasteiger partial charge in [-0.1, -0.05) is 47.1 Å². The lowest BCUT2D eigenvalue weighted by Gasteiger charge is -2.07. The molecule has 158 valence electrons. The van der Waals surface area contributed by atoms with Crippen molar-refractivity contribution in [2.45, 2.75) is 27.0 Å². The Morgan fingerprint density at radius 2 is 1.94 bits per heavy atom. The number of anilines is 1. The van der Waals surface area contributed by atoms with Gasteiger partial charge in [0.05, 0.1) is 24.0 Å². The third kappa shape index (κ3) is 4.80. The third-order valence-electron chi connectivity index (χ3n) is 4.76. The Labute approximate surface area is 178 Å². The van der Waals surface area contributed by atoms with Crippen molar-refractivity contribution < 1.29 is 18.4 Å². The molecule has 0 bridgehead atoms. The standard InChI is InChI=1S/C23H21FN4O3/c1-15-7-9-17(10-8-15)12-28-13-18(11-25-28)26-23(29)22-19(16(2)31-27-22)14-30-21-6-4-3-5-20(21)24/h3-11,13H,12,14H2,1-2H3,(H,26,29). The second kappa shape index (κ2) is 8.83. The van der Waals surface area contributed by atoms with E-state index in [1.807, 2.05) is 31.2 Å². The molecule has 0 saturated heterocycles. The summed E-state index contributed by atoms with van der Waals surface area (Å²) in [6.07, 6.45) is 3.30. The molecule has 0 saturated carbocycles. The molecule has 0 aliphatic heterocycles. The molecule has 8 heteroatoms. The summed E-state index contributed by atoms with van der Waals surface area (Å²) in [5.74, 6) is -0.425. The molecule has 0 aliphatic rings. The Balaban J connectivity index is 1.43. The Bertz CT molecular complexity index is 1200. The average molecular weight is 420 g/mol. The number of rotatable bonds is 7. The van der Waals surface area contributed by atoms with E-state index in [0.29, 0.717) is 23.6 Å². The van der Waals surface area contributed by atoms with Crippen molar-refractivity contribution in [1.29, 1.82) is 0 Å². The van der Waals surface area contributed by atoms with Gasteiger partial charge in [-0.3, -0.25) is 9.48 Å². The Morgan fingerprint density at radius 3 is 2.71 bits per heavy atom. The molecule has 4 aromatic rings. The summed E-state index contributed by atoms with van der Waals surface area (Å²) in [7, 11) is 0. The molecule has 2 aromatic carbocycles. The van der Waals surface area contributed by atoms with E-state index in [1.165, 1.54) is 17.7 Å². The highest BCUT2D eigenvalue weighted by Gasteiger charge is 2.21. The van der Waals surface area contributed by atoms with Gasteiger partial charge in [-0.15, -0.1) is 0 Å². The molecular weight excluding hydrogens is 399 g/mol. The predicted molar refractivity (Wildman–Crippen MR) is 112 cm³/mol. The molecule has 2 heterocycles. The van der Waals surface area contributed by atoms with E-state index in [1.54, 1.807) is 36.1 Å². The Kier molecular flexibility index (Phi) is 5.79. The molecular formula is C23H21FN4O3. The number of aryl methyl sites for hydroxylation is 2. The van der Waals surface area contributed by atoms with E-state index in [-0.39, 0.29) is 18.1 Å². The molecule has 7 nitrogen and oxygen atoms in total. The number of nitrogens with one attached hydrogen (secondary N) is 1. The first-order valence-electron chi connectivity index (χ1n) is 9.71. The Hall–Kier alpha value is -3.94. The molecule has 0 atom stereocenters. The zero-order chi connectivity index (χ0) is 21.8. The number of para-hydroxylation sites is 1. The fourth-order valence-electron chi connectivity index (χ4n) is 3.04. The minimum Gasteiger partial charge on any atom is -0.486 e. The van der Waals surface area contributed by atoms with Crippen LogP contribution in [0.25, 0.3) is 0 Å². The van der Waals surface area contributed by atoms with Gasteiger partial charge >= 0.3 is 0 Å². The van der Waals surface area contributed by atoms with E-state index >= 15 is 0 Å². The Morgan fingerprint density at radius 1 is 1.16 bits per heavy atom. The highest BCUT2D eigenvalue weighted by Crippen LogP contribution is 2.21. The van der Waals surface area contributed by atoms with Gasteiger partial charge < -0.3 is 14.6 Å². The number of carbonyl (C=O) groups is 1. The molecule has 31 heavy (non-hydrogen) atoms. The highest BCUT2D eigenvalue weighted by molar-refractivity contribution is 6.03. The zero-order valence-corrected chi connectivity index (χ0v) is 17.1. The maximum atomic E-state index is 13.8. The van der Waals surface area contributed by atoms with Crippen molar-refractivity contribution in [3.63, 3.8) is 0 Å². The van der Waals surface area contributed by atoms with E-state index in [0.717, 1.165) is 5.56 Å². The summed E-state index contributed by atoms with van der Waals surface area (Å²) in [6, 6.07) is 14.2. The lowest BCUT2D eigenvalue weighted by Crippen LogP contribution is -2.15. The fourth-order valence-corrected chi connectivity index (χ4v) is 3.04. The lowest BCUT2D eigenvalue weighted by molar-refractivity contribution is 0.101. The SMILES string of the molecule is Cc1ccc(Cn2cc(NC(=O)c3noc(C)c3COc3ccccc3F)cn2)cc1. The smallest absolute Gasteiger partial charge is 0.278 e. The van der Waals surface area contributed by atoms with Crippen LogP contribution in [0.15, 0.2) is 65.4 Å². The van der Waals surface area contributed by atoms with E-state index in [2.05, 4.69) is 15.6 Å². The van der Waals surface area contributed by atoms with Crippen molar-refractivity contribution in [3.05, 3.63) is 94.9 Å². The molecule has 2 aromatic heterocycles. The molecule has 0 spiro atoms. The van der Waals surface area contributed by atoms with Crippen molar-refractivity contribution in [1.82, 2.24) is 14.9 Å². The quantitative estimate of drug-likeness (QED) is 0.476. The normalized spacial score (nSPS) is 10.8. The number of hydrogen-bond acceptors (Lipinski definition) is 5. The molecule has 0 radical (unpaired) electrons. The van der Waals surface area contributed by atoms with Crippen LogP contribution >= 0.6 is 0 Å². The molecule has 0 unspecified atom stereocenters. The van der Waals surface area contributed by atoms with Crippen molar-refractivity contribution in [2.24, 2.45) is 0 Å². The summed E-state index contributed by atoms with van der Waals surface area (Å²) in [6.45, 7) is 4.24. The number of halogens is 1. The fraction of sp³-hybridized carbons (Fsp3) is 0.174. The average Bonchev–Trinajstić information content (AvgIpc) is 3.35. The van der Waals surface area contributed by atoms with E-state index in [4.69, 9.17) is 9.26 Å². The topological polar surface area (TPSA) is 82.2 Å². The van der Waals surface area contributed by atoms with E-state index in [9.17, 15) is 9.18 Å². The van der Waals surface area contributed by atoms with Crippen LogP contribution in [0.5, 0.6) is 5.75 Å². The number of ether oxygens (including phenoxy) is 1. The summed E-state index contributed by atoms with van der Waals surface area (Å²) in [5, 5.41) is 10.9. The van der Waals surface area contributed by atoms with Crippen LogP contribution in [-0.4, -0.2) is 20.8 Å². The maximum Gasteiger partial charge on any atom is 0.278 e. The van der Waals surface area contributed by atoms with Gasteiger partial charge in [0, 0.05) is 6.20 Å². The van der Waals surface area contributed by atoms with Gasteiger partial charge in [0.25, 0.3) is 5.91 Å². The first kappa shape index (κ1) is 20.3. The zero-order valence-electron chi connectivity index (χ0n) is 17.1. The minimum atomic E-state index is -0.483. The van der Waals surface area contributed by atoms with Crippen LogP contribution in [0, 0.1) is 19.7 Å². The monoisotopic (exact) mass is 420 g/mol. The number of hydrogen-bond donors (Lipinski definition) is 1. The van der Waals surface area contributed by atoms with Gasteiger partial charge in [0.15, 0.2) is 17.3 Å². The molecule has 4 rings (SSSR count). The highest BCUT2D eigenvalue weighted by atomic mass is 19.1. The number of carbonyl (C=O) groups excluding carboxylic acids is 1. The number of aromatic nitrogens is 3. The van der Waals surface area contributed by atoms with Gasteiger partial charge in [-0.25, -0.2) is 4.39 Å². The number of nitrogens with zero attached hydrogens (tertiary/aromatic N) is 3. The molecule has 0 fully saturated rings. The van der Waals surface area contributed by atoms with Crippen LogP contribution in [0.2, 0.25) is 0 Å². The van der Waals surface area contributed by atoms with Crippen LogP contribution in [0.1, 0.15) is 32.9 Å². The summed E-state index contributed by atoms with van der Waals surface area (Å²) < 4.78 is 26.2. The van der Waals surface area contributed by atoms with Crippen molar-refractivity contribution in [2.75, 3.05) is 5.32 Å². The van der Waals surface area contributed by atoms with E-state index < -0.39 is 11.7 Å². The van der Waals surface area contributed by atoms with Gasteiger partial charge in [0.1, 0.15) is 12.4 Å². The first-order chi connectivity index (χ1) is 15.0. The summed E-state index contributed by atoms with van der Waals surface area (Å²) >= 11 is 0. The van der Waals surface area contributed by atoms with Gasteiger partial charge in [-0.05, 0) is 31.5 Å². The van der Waals surface area contributed by atoms with Gasteiger partial charge in [-0.2, -0.15) is 5.10 Å². The molecule has 1 N–H and O–H groups in total.